The van der Waals surface area contributed by atoms with E-state index in [9.17, 15) is 8.42 Å². The summed E-state index contributed by atoms with van der Waals surface area (Å²) < 4.78 is 24.7. The molecule has 106 valence electrons. The van der Waals surface area contributed by atoms with Crippen LogP contribution in [-0.2, 0) is 10.0 Å². The molecule has 1 aromatic carbocycles. The van der Waals surface area contributed by atoms with E-state index in [1.807, 2.05) is 0 Å². The smallest absolute Gasteiger partial charge is 0.229 e. The molecular formula is C12H15N5O2S. The summed E-state index contributed by atoms with van der Waals surface area (Å²) in [4.78, 5) is 8.15. The second-order valence-corrected chi connectivity index (χ2v) is 5.95. The molecular weight excluding hydrogens is 278 g/mol. The normalized spacial score (nSPS) is 11.1. The van der Waals surface area contributed by atoms with Crippen LogP contribution in [0.4, 0.5) is 17.5 Å². The highest BCUT2D eigenvalue weighted by molar-refractivity contribution is 7.92. The fraction of sp³-hybridized carbons (Fsp3) is 0.167. The Bertz CT molecular complexity index is 713. The van der Waals surface area contributed by atoms with Crippen molar-refractivity contribution in [3.8, 4) is 11.3 Å². The van der Waals surface area contributed by atoms with Crippen LogP contribution in [0.5, 0.6) is 0 Å². The molecule has 1 heterocycles. The molecule has 0 saturated heterocycles. The largest absolute Gasteiger partial charge is 0.373 e. The maximum Gasteiger partial charge on any atom is 0.229 e. The summed E-state index contributed by atoms with van der Waals surface area (Å²) in [6.07, 6.45) is 1.10. The van der Waals surface area contributed by atoms with Crippen LogP contribution >= 0.6 is 0 Å². The molecule has 0 radical (unpaired) electrons. The van der Waals surface area contributed by atoms with Gasteiger partial charge in [0.1, 0.15) is 5.82 Å². The lowest BCUT2D eigenvalue weighted by atomic mass is 10.1. The molecule has 0 saturated carbocycles. The van der Waals surface area contributed by atoms with E-state index in [4.69, 9.17) is 5.73 Å². The Balaban J connectivity index is 2.32. The SMILES string of the molecule is CNc1cc(-c2ccc(NS(C)(=O)=O)cc2)nc(N)n1. The molecule has 0 atom stereocenters. The van der Waals surface area contributed by atoms with Gasteiger partial charge >= 0.3 is 0 Å². The van der Waals surface area contributed by atoms with E-state index < -0.39 is 10.0 Å². The molecule has 2 rings (SSSR count). The maximum atomic E-state index is 11.1. The molecule has 0 amide bonds. The zero-order valence-corrected chi connectivity index (χ0v) is 11.9. The monoisotopic (exact) mass is 293 g/mol. The Hall–Kier alpha value is -2.35. The number of benzene rings is 1. The van der Waals surface area contributed by atoms with Crippen molar-refractivity contribution in [2.75, 3.05) is 29.1 Å². The lowest BCUT2D eigenvalue weighted by Crippen LogP contribution is -2.09. The van der Waals surface area contributed by atoms with Gasteiger partial charge in [0.25, 0.3) is 0 Å². The standard InChI is InChI=1S/C12H15N5O2S/c1-14-11-7-10(15-12(13)16-11)8-3-5-9(6-4-8)17-20(2,18)19/h3-7,17H,1-2H3,(H3,13,14,15,16). The van der Waals surface area contributed by atoms with E-state index in [1.54, 1.807) is 37.4 Å². The van der Waals surface area contributed by atoms with Gasteiger partial charge in [-0.2, -0.15) is 4.98 Å². The van der Waals surface area contributed by atoms with Crippen LogP contribution < -0.4 is 15.8 Å². The minimum absolute atomic E-state index is 0.171. The zero-order chi connectivity index (χ0) is 14.8. The first-order valence-corrected chi connectivity index (χ1v) is 7.67. The number of nitrogen functional groups attached to an aromatic ring is 1. The second kappa shape index (κ2) is 5.33. The predicted molar refractivity (Wildman–Crippen MR) is 79.9 cm³/mol. The van der Waals surface area contributed by atoms with Crippen LogP contribution in [0.25, 0.3) is 11.3 Å². The number of hydrogen-bond donors (Lipinski definition) is 3. The summed E-state index contributed by atoms with van der Waals surface area (Å²) in [6, 6.07) is 8.60. The van der Waals surface area contributed by atoms with Crippen molar-refractivity contribution in [3.63, 3.8) is 0 Å². The third-order valence-electron chi connectivity index (χ3n) is 2.48. The first kappa shape index (κ1) is 14.1. The number of anilines is 3. The molecule has 0 fully saturated rings. The molecule has 0 spiro atoms. The van der Waals surface area contributed by atoms with Crippen LogP contribution in [-0.4, -0.2) is 31.7 Å². The fourth-order valence-corrected chi connectivity index (χ4v) is 2.23. The van der Waals surface area contributed by atoms with Crippen LogP contribution in [0.15, 0.2) is 30.3 Å². The van der Waals surface area contributed by atoms with Gasteiger partial charge in [0.15, 0.2) is 0 Å². The lowest BCUT2D eigenvalue weighted by Gasteiger charge is -2.07. The molecule has 0 unspecified atom stereocenters. The van der Waals surface area contributed by atoms with Gasteiger partial charge < -0.3 is 11.1 Å². The molecule has 7 nitrogen and oxygen atoms in total. The minimum Gasteiger partial charge on any atom is -0.373 e. The number of sulfonamides is 1. The van der Waals surface area contributed by atoms with Crippen molar-refractivity contribution in [2.24, 2.45) is 0 Å². The third kappa shape index (κ3) is 3.58. The fourth-order valence-electron chi connectivity index (χ4n) is 1.66. The van der Waals surface area contributed by atoms with E-state index >= 15 is 0 Å². The summed E-state index contributed by atoms with van der Waals surface area (Å²) >= 11 is 0. The highest BCUT2D eigenvalue weighted by atomic mass is 32.2. The minimum atomic E-state index is -3.28. The number of nitrogens with two attached hydrogens (primary N) is 1. The Morgan fingerprint density at radius 1 is 1.15 bits per heavy atom. The van der Waals surface area contributed by atoms with Crippen LogP contribution in [0.2, 0.25) is 0 Å². The molecule has 1 aromatic heterocycles. The molecule has 0 aliphatic rings. The van der Waals surface area contributed by atoms with Gasteiger partial charge in [-0.25, -0.2) is 13.4 Å². The van der Waals surface area contributed by atoms with Crippen LogP contribution in [0.1, 0.15) is 0 Å². The molecule has 0 bridgehead atoms. The summed E-state index contributed by atoms with van der Waals surface area (Å²) in [5.74, 6) is 0.788. The average Bonchev–Trinajstić information content (AvgIpc) is 2.37. The van der Waals surface area contributed by atoms with E-state index in [2.05, 4.69) is 20.0 Å². The van der Waals surface area contributed by atoms with Crippen LogP contribution in [0.3, 0.4) is 0 Å². The van der Waals surface area contributed by atoms with E-state index in [0.29, 0.717) is 17.2 Å². The number of nitrogens with zero attached hydrogens (tertiary/aromatic N) is 2. The average molecular weight is 293 g/mol. The van der Waals surface area contributed by atoms with Crippen molar-refractivity contribution < 1.29 is 8.42 Å². The van der Waals surface area contributed by atoms with E-state index in [0.717, 1.165) is 11.8 Å². The van der Waals surface area contributed by atoms with Gasteiger partial charge in [-0.05, 0) is 12.1 Å². The van der Waals surface area contributed by atoms with Crippen molar-refractivity contribution in [1.82, 2.24) is 9.97 Å². The Labute approximate surface area is 117 Å². The van der Waals surface area contributed by atoms with Gasteiger partial charge in [-0.3, -0.25) is 4.72 Å². The van der Waals surface area contributed by atoms with Gasteiger partial charge in [0, 0.05) is 24.4 Å². The summed E-state index contributed by atoms with van der Waals surface area (Å²) in [6.45, 7) is 0. The second-order valence-electron chi connectivity index (χ2n) is 4.20. The van der Waals surface area contributed by atoms with Crippen molar-refractivity contribution in [2.45, 2.75) is 0 Å². The third-order valence-corrected chi connectivity index (χ3v) is 3.09. The molecule has 2 aromatic rings. The van der Waals surface area contributed by atoms with Crippen molar-refractivity contribution in [1.29, 1.82) is 0 Å². The van der Waals surface area contributed by atoms with Gasteiger partial charge in [0.05, 0.1) is 11.9 Å². The van der Waals surface area contributed by atoms with E-state index in [1.165, 1.54) is 0 Å². The number of nitrogens with one attached hydrogen (secondary N) is 2. The molecule has 8 heteroatoms. The van der Waals surface area contributed by atoms with Gasteiger partial charge in [-0.1, -0.05) is 12.1 Å². The van der Waals surface area contributed by atoms with Crippen LogP contribution in [0, 0.1) is 0 Å². The zero-order valence-electron chi connectivity index (χ0n) is 11.1. The first-order valence-electron chi connectivity index (χ1n) is 5.78. The number of hydrogen-bond acceptors (Lipinski definition) is 6. The van der Waals surface area contributed by atoms with Gasteiger partial charge in [0.2, 0.25) is 16.0 Å². The summed E-state index contributed by atoms with van der Waals surface area (Å²) in [5.41, 5.74) is 7.60. The quantitative estimate of drug-likeness (QED) is 0.779. The summed E-state index contributed by atoms with van der Waals surface area (Å²) in [5, 5.41) is 2.90. The molecule has 0 aliphatic heterocycles. The van der Waals surface area contributed by atoms with Crippen molar-refractivity contribution in [3.05, 3.63) is 30.3 Å². The molecule has 20 heavy (non-hydrogen) atoms. The molecule has 4 N–H and O–H groups in total. The maximum absolute atomic E-state index is 11.1. The topological polar surface area (TPSA) is 110 Å². The highest BCUT2D eigenvalue weighted by Crippen LogP contribution is 2.22. The number of aromatic nitrogens is 2. The lowest BCUT2D eigenvalue weighted by molar-refractivity contribution is 0.607. The first-order chi connectivity index (χ1) is 9.37. The Morgan fingerprint density at radius 2 is 1.80 bits per heavy atom. The van der Waals surface area contributed by atoms with E-state index in [-0.39, 0.29) is 5.95 Å². The predicted octanol–water partition coefficient (Wildman–Crippen LogP) is 1.14. The van der Waals surface area contributed by atoms with Crippen molar-refractivity contribution >= 4 is 27.5 Å². The Kier molecular flexibility index (Phi) is 3.75. The van der Waals surface area contributed by atoms with Gasteiger partial charge in [-0.15, -0.1) is 0 Å². The molecule has 0 aliphatic carbocycles. The summed E-state index contributed by atoms with van der Waals surface area (Å²) in [7, 11) is -1.54. The Morgan fingerprint density at radius 3 is 2.35 bits per heavy atom. The number of rotatable bonds is 4. The highest BCUT2D eigenvalue weighted by Gasteiger charge is 2.06.